The standard InChI is InChI=1S/C16H22N4O3S2.CH4/c1-24-25-10-8-13(21)5-3-2-4-9-18-16(23)14-7-6-12(19-20-17)11-15(14)22;/h6-7,11,22H,2-5,8-10H2,1H3,(H,18,23);1H4. The van der Waals surface area contributed by atoms with Crippen LogP contribution < -0.4 is 5.32 Å². The van der Waals surface area contributed by atoms with Crippen molar-refractivity contribution in [2.45, 2.75) is 39.5 Å². The summed E-state index contributed by atoms with van der Waals surface area (Å²) in [5.41, 5.74) is 8.72. The van der Waals surface area contributed by atoms with E-state index in [4.69, 9.17) is 5.53 Å². The second kappa shape index (κ2) is 14.4. The zero-order valence-corrected chi connectivity index (χ0v) is 15.7. The van der Waals surface area contributed by atoms with E-state index in [-0.39, 0.29) is 36.1 Å². The van der Waals surface area contributed by atoms with Crippen LogP contribution in [0.15, 0.2) is 23.3 Å². The highest BCUT2D eigenvalue weighted by Gasteiger charge is 2.10. The number of hydrogen-bond donors (Lipinski definition) is 2. The van der Waals surface area contributed by atoms with Crippen LogP contribution in [-0.2, 0) is 4.79 Å². The number of rotatable bonds is 12. The van der Waals surface area contributed by atoms with Crippen LogP contribution in [0.25, 0.3) is 10.4 Å². The van der Waals surface area contributed by atoms with Gasteiger partial charge >= 0.3 is 0 Å². The maximum atomic E-state index is 12.0. The maximum absolute atomic E-state index is 12.0. The molecule has 0 unspecified atom stereocenters. The number of amides is 1. The van der Waals surface area contributed by atoms with Crippen molar-refractivity contribution >= 4 is 39.0 Å². The molecule has 0 saturated carbocycles. The van der Waals surface area contributed by atoms with E-state index >= 15 is 0 Å². The number of benzene rings is 1. The molecule has 0 aliphatic carbocycles. The van der Waals surface area contributed by atoms with Crippen LogP contribution in [0.1, 0.15) is 49.9 Å². The molecule has 7 nitrogen and oxygen atoms in total. The summed E-state index contributed by atoms with van der Waals surface area (Å²) in [6.45, 7) is 0.479. The van der Waals surface area contributed by atoms with Gasteiger partial charge in [-0.25, -0.2) is 0 Å². The Morgan fingerprint density at radius 1 is 1.27 bits per heavy atom. The lowest BCUT2D eigenvalue weighted by Crippen LogP contribution is -2.24. The zero-order chi connectivity index (χ0) is 18.5. The molecule has 1 rings (SSSR count). The van der Waals surface area contributed by atoms with Crippen LogP contribution >= 0.6 is 21.6 Å². The molecule has 9 heteroatoms. The predicted molar refractivity (Wildman–Crippen MR) is 110 cm³/mol. The lowest BCUT2D eigenvalue weighted by Gasteiger charge is -2.07. The van der Waals surface area contributed by atoms with Crippen molar-refractivity contribution in [2.75, 3.05) is 18.6 Å². The number of Topliss-reactive ketones (excluding diaryl/α,β-unsaturated/α-hetero) is 1. The highest BCUT2D eigenvalue weighted by molar-refractivity contribution is 8.76. The second-order valence-corrected chi connectivity index (χ2v) is 7.92. The number of ketones is 1. The minimum Gasteiger partial charge on any atom is -0.507 e. The monoisotopic (exact) mass is 398 g/mol. The van der Waals surface area contributed by atoms with Crippen LogP contribution in [0.5, 0.6) is 5.75 Å². The maximum Gasteiger partial charge on any atom is 0.255 e. The highest BCUT2D eigenvalue weighted by atomic mass is 33.1. The van der Waals surface area contributed by atoms with Crippen LogP contribution in [0.2, 0.25) is 0 Å². The van der Waals surface area contributed by atoms with Gasteiger partial charge in [-0.3, -0.25) is 9.59 Å². The fourth-order valence-corrected chi connectivity index (χ4v) is 3.34. The number of phenols is 1. The van der Waals surface area contributed by atoms with E-state index in [1.165, 1.54) is 18.2 Å². The van der Waals surface area contributed by atoms with Crippen molar-refractivity contribution in [3.8, 4) is 5.75 Å². The van der Waals surface area contributed by atoms with Crippen molar-refractivity contribution in [1.82, 2.24) is 5.32 Å². The molecule has 0 bridgehead atoms. The number of nitrogens with one attached hydrogen (secondary N) is 1. The first-order valence-electron chi connectivity index (χ1n) is 7.92. The normalized spacial score (nSPS) is 9.73. The fourth-order valence-electron chi connectivity index (χ4n) is 2.11. The van der Waals surface area contributed by atoms with Gasteiger partial charge in [-0.05, 0) is 36.8 Å². The summed E-state index contributed by atoms with van der Waals surface area (Å²) in [5, 5.41) is 15.9. The number of aromatic hydroxyl groups is 1. The summed E-state index contributed by atoms with van der Waals surface area (Å²) in [6, 6.07) is 4.13. The average molecular weight is 399 g/mol. The second-order valence-electron chi connectivity index (χ2n) is 5.23. The van der Waals surface area contributed by atoms with Gasteiger partial charge in [-0.2, -0.15) is 0 Å². The fraction of sp³-hybridized carbons (Fsp3) is 0.529. The Hall–Kier alpha value is -1.83. The number of unbranched alkanes of at least 4 members (excludes halogenated alkanes) is 2. The Labute approximate surface area is 162 Å². The molecule has 0 atom stereocenters. The number of hydrogen-bond acceptors (Lipinski definition) is 6. The van der Waals surface area contributed by atoms with E-state index < -0.39 is 0 Å². The molecule has 0 aliphatic rings. The Kier molecular flexibility index (Phi) is 13.3. The number of azide groups is 1. The third-order valence-corrected chi connectivity index (χ3v) is 5.20. The molecule has 1 aromatic rings. The number of carbonyl (C=O) groups is 2. The molecule has 0 spiro atoms. The van der Waals surface area contributed by atoms with Crippen LogP contribution in [0.4, 0.5) is 5.69 Å². The Morgan fingerprint density at radius 2 is 2.04 bits per heavy atom. The van der Waals surface area contributed by atoms with E-state index in [1.807, 2.05) is 6.26 Å². The van der Waals surface area contributed by atoms with Gasteiger partial charge in [-0.1, -0.05) is 46.6 Å². The molecule has 144 valence electrons. The number of carbonyl (C=O) groups excluding carboxylic acids is 2. The van der Waals surface area contributed by atoms with Gasteiger partial charge in [0, 0.05) is 35.7 Å². The van der Waals surface area contributed by atoms with Crippen molar-refractivity contribution in [2.24, 2.45) is 5.11 Å². The molecule has 0 radical (unpaired) electrons. The molecule has 1 amide bonds. The first-order chi connectivity index (χ1) is 12.1. The van der Waals surface area contributed by atoms with Crippen molar-refractivity contribution < 1.29 is 14.7 Å². The van der Waals surface area contributed by atoms with Gasteiger partial charge in [0.1, 0.15) is 11.5 Å². The van der Waals surface area contributed by atoms with Crippen LogP contribution in [-0.4, -0.2) is 35.4 Å². The first kappa shape index (κ1) is 24.2. The molecular formula is C17H26N4O3S2. The summed E-state index contributed by atoms with van der Waals surface area (Å²) in [6.07, 6.45) is 5.67. The SMILES string of the molecule is C.CSSCCC(=O)CCCCCNC(=O)c1ccc(N=[N+]=[N-])cc1O. The van der Waals surface area contributed by atoms with Gasteiger partial charge in [0.05, 0.1) is 5.56 Å². The van der Waals surface area contributed by atoms with Gasteiger partial charge < -0.3 is 10.4 Å². The molecule has 0 heterocycles. The lowest BCUT2D eigenvalue weighted by atomic mass is 10.1. The van der Waals surface area contributed by atoms with E-state index in [2.05, 4.69) is 15.3 Å². The number of phenolic OH excluding ortho intramolecular Hbond substituents is 1. The Bertz CT molecular complexity index is 634. The third-order valence-electron chi connectivity index (χ3n) is 3.39. The first-order valence-corrected chi connectivity index (χ1v) is 10.6. The zero-order valence-electron chi connectivity index (χ0n) is 14.1. The predicted octanol–water partition coefficient (Wildman–Crippen LogP) is 5.23. The molecule has 0 fully saturated rings. The molecular weight excluding hydrogens is 372 g/mol. The van der Waals surface area contributed by atoms with E-state index in [9.17, 15) is 14.7 Å². The Morgan fingerprint density at radius 3 is 2.69 bits per heavy atom. The van der Waals surface area contributed by atoms with E-state index in [1.54, 1.807) is 21.6 Å². The summed E-state index contributed by atoms with van der Waals surface area (Å²) >= 11 is 0. The molecule has 2 N–H and O–H groups in total. The van der Waals surface area contributed by atoms with Crippen molar-refractivity contribution in [1.29, 1.82) is 0 Å². The molecule has 0 saturated heterocycles. The quantitative estimate of drug-likeness (QED) is 0.164. The van der Waals surface area contributed by atoms with Gasteiger partial charge in [0.25, 0.3) is 5.91 Å². The van der Waals surface area contributed by atoms with E-state index in [0.717, 1.165) is 25.0 Å². The smallest absolute Gasteiger partial charge is 0.255 e. The van der Waals surface area contributed by atoms with Gasteiger partial charge in [0.15, 0.2) is 0 Å². The minimum absolute atomic E-state index is 0. The topological polar surface area (TPSA) is 115 Å². The largest absolute Gasteiger partial charge is 0.507 e. The summed E-state index contributed by atoms with van der Waals surface area (Å²) in [5.74, 6) is 0.541. The van der Waals surface area contributed by atoms with Crippen LogP contribution in [0, 0.1) is 0 Å². The summed E-state index contributed by atoms with van der Waals surface area (Å²) in [4.78, 5) is 26.2. The van der Waals surface area contributed by atoms with Gasteiger partial charge in [0.2, 0.25) is 0 Å². The van der Waals surface area contributed by atoms with Crippen LogP contribution in [0.3, 0.4) is 0 Å². The third kappa shape index (κ3) is 9.60. The molecule has 26 heavy (non-hydrogen) atoms. The minimum atomic E-state index is -0.379. The van der Waals surface area contributed by atoms with Crippen molar-refractivity contribution in [3.05, 3.63) is 34.2 Å². The molecule has 0 aromatic heterocycles. The highest BCUT2D eigenvalue weighted by Crippen LogP contribution is 2.24. The Balaban J connectivity index is 0.00000625. The summed E-state index contributed by atoms with van der Waals surface area (Å²) in [7, 11) is 3.36. The number of nitrogens with zero attached hydrogens (tertiary/aromatic N) is 3. The van der Waals surface area contributed by atoms with Crippen molar-refractivity contribution in [3.63, 3.8) is 0 Å². The van der Waals surface area contributed by atoms with Gasteiger partial charge in [-0.15, -0.1) is 0 Å². The summed E-state index contributed by atoms with van der Waals surface area (Å²) < 4.78 is 0. The lowest BCUT2D eigenvalue weighted by molar-refractivity contribution is -0.118. The van der Waals surface area contributed by atoms with E-state index in [0.29, 0.717) is 19.4 Å². The molecule has 0 aliphatic heterocycles. The average Bonchev–Trinajstić information content (AvgIpc) is 2.58. The molecule has 1 aromatic carbocycles.